The summed E-state index contributed by atoms with van der Waals surface area (Å²) in [7, 11) is -3.61. The van der Waals surface area contributed by atoms with Crippen LogP contribution >= 0.6 is 0 Å². The molecule has 1 aliphatic carbocycles. The van der Waals surface area contributed by atoms with Crippen LogP contribution in [0.1, 0.15) is 74.6 Å². The Labute approximate surface area is 192 Å². The SMILES string of the molecule is CC(C)(C)c1ccnc(C2CCC(c3cc(Nc4cc5c(cc4F)S(=O)(=O)NC5)n[nH]3)C2)n1. The molecule has 3 aromatic rings. The lowest BCUT2D eigenvalue weighted by atomic mass is 9.91. The molecule has 33 heavy (non-hydrogen) atoms. The number of rotatable bonds is 4. The van der Waals surface area contributed by atoms with Gasteiger partial charge in [0.15, 0.2) is 5.82 Å². The van der Waals surface area contributed by atoms with Crippen molar-refractivity contribution in [3.05, 3.63) is 59.1 Å². The summed E-state index contributed by atoms with van der Waals surface area (Å²) in [6.07, 6.45) is 4.76. The molecule has 2 unspecified atom stereocenters. The summed E-state index contributed by atoms with van der Waals surface area (Å²) in [4.78, 5) is 9.35. The molecule has 1 aromatic carbocycles. The largest absolute Gasteiger partial charge is 0.336 e. The molecule has 2 aliphatic rings. The Kier molecular flexibility index (Phi) is 5.24. The molecular formula is C23H27FN6O2S. The standard InChI is InChI=1S/C23H27FN6O2S/c1-23(2,3)20-6-7-25-22(28-20)14-5-4-13(8-14)17-11-21(30-29-17)27-18-9-15-12-26-33(31,32)19(15)10-16(18)24/h6-7,9-11,13-14,26H,4-5,8,12H2,1-3H3,(H2,27,29,30). The molecule has 10 heteroatoms. The second-order valence-electron chi connectivity index (χ2n) is 9.85. The highest BCUT2D eigenvalue weighted by Crippen LogP contribution is 2.43. The van der Waals surface area contributed by atoms with E-state index in [1.807, 2.05) is 18.3 Å². The van der Waals surface area contributed by atoms with Gasteiger partial charge in [0.05, 0.1) is 10.6 Å². The molecule has 5 rings (SSSR count). The maximum atomic E-state index is 14.5. The van der Waals surface area contributed by atoms with E-state index in [0.717, 1.165) is 42.5 Å². The molecule has 174 valence electrons. The molecule has 2 atom stereocenters. The first kappa shape index (κ1) is 22.0. The van der Waals surface area contributed by atoms with Gasteiger partial charge in [0.1, 0.15) is 11.6 Å². The number of aromatic amines is 1. The molecule has 0 radical (unpaired) electrons. The van der Waals surface area contributed by atoms with Gasteiger partial charge in [0.2, 0.25) is 10.0 Å². The van der Waals surface area contributed by atoms with Crippen LogP contribution in [0.4, 0.5) is 15.9 Å². The van der Waals surface area contributed by atoms with Crippen LogP contribution in [-0.2, 0) is 22.0 Å². The van der Waals surface area contributed by atoms with E-state index >= 15 is 0 Å². The van der Waals surface area contributed by atoms with Crippen LogP contribution in [0.3, 0.4) is 0 Å². The third-order valence-corrected chi connectivity index (χ3v) is 7.92. The van der Waals surface area contributed by atoms with Crippen LogP contribution in [0.5, 0.6) is 0 Å². The van der Waals surface area contributed by atoms with Crippen LogP contribution in [0.15, 0.2) is 35.4 Å². The number of nitrogens with one attached hydrogen (secondary N) is 3. The number of sulfonamides is 1. The summed E-state index contributed by atoms with van der Waals surface area (Å²) < 4.78 is 40.7. The van der Waals surface area contributed by atoms with Gasteiger partial charge < -0.3 is 5.32 Å². The number of aromatic nitrogens is 4. The van der Waals surface area contributed by atoms with Crippen molar-refractivity contribution in [2.75, 3.05) is 5.32 Å². The summed E-state index contributed by atoms with van der Waals surface area (Å²) in [6.45, 7) is 6.60. The van der Waals surface area contributed by atoms with Gasteiger partial charge >= 0.3 is 0 Å². The van der Waals surface area contributed by atoms with Gasteiger partial charge in [-0.05, 0) is 43.0 Å². The van der Waals surface area contributed by atoms with E-state index in [9.17, 15) is 12.8 Å². The van der Waals surface area contributed by atoms with Crippen LogP contribution < -0.4 is 10.0 Å². The lowest BCUT2D eigenvalue weighted by Gasteiger charge is -2.19. The quantitative estimate of drug-likeness (QED) is 0.526. The highest BCUT2D eigenvalue weighted by molar-refractivity contribution is 7.89. The fourth-order valence-corrected chi connectivity index (χ4v) is 5.80. The van der Waals surface area contributed by atoms with Gasteiger partial charge in [-0.3, -0.25) is 5.10 Å². The molecule has 0 amide bonds. The maximum absolute atomic E-state index is 14.5. The number of hydrogen-bond acceptors (Lipinski definition) is 6. The van der Waals surface area contributed by atoms with E-state index in [-0.39, 0.29) is 22.5 Å². The first-order valence-corrected chi connectivity index (χ1v) is 12.6. The smallest absolute Gasteiger partial charge is 0.241 e. The highest BCUT2D eigenvalue weighted by Gasteiger charge is 2.31. The summed E-state index contributed by atoms with van der Waals surface area (Å²) >= 11 is 0. The first-order valence-electron chi connectivity index (χ1n) is 11.1. The lowest BCUT2D eigenvalue weighted by Crippen LogP contribution is -2.16. The summed E-state index contributed by atoms with van der Waals surface area (Å²) in [6, 6.07) is 6.43. The molecule has 0 bridgehead atoms. The van der Waals surface area contributed by atoms with Crippen LogP contribution in [0.25, 0.3) is 0 Å². The Bertz CT molecular complexity index is 1310. The van der Waals surface area contributed by atoms with Crippen molar-refractivity contribution in [3.63, 3.8) is 0 Å². The number of benzene rings is 1. The zero-order chi connectivity index (χ0) is 23.4. The van der Waals surface area contributed by atoms with Crippen molar-refractivity contribution in [2.45, 2.75) is 68.7 Å². The Morgan fingerprint density at radius 2 is 1.94 bits per heavy atom. The normalized spacial score (nSPS) is 21.8. The van der Waals surface area contributed by atoms with E-state index in [2.05, 4.69) is 46.0 Å². The zero-order valence-corrected chi connectivity index (χ0v) is 19.6. The van der Waals surface area contributed by atoms with Crippen molar-refractivity contribution >= 4 is 21.5 Å². The van der Waals surface area contributed by atoms with Crippen LogP contribution in [0.2, 0.25) is 0 Å². The molecule has 0 saturated heterocycles. The Morgan fingerprint density at radius 3 is 2.73 bits per heavy atom. The summed E-state index contributed by atoms with van der Waals surface area (Å²) in [5.74, 6) is 1.33. The first-order chi connectivity index (χ1) is 15.6. The van der Waals surface area contributed by atoms with E-state index in [4.69, 9.17) is 4.98 Å². The minimum Gasteiger partial charge on any atom is -0.336 e. The second kappa shape index (κ2) is 7.88. The van der Waals surface area contributed by atoms with Gasteiger partial charge in [-0.2, -0.15) is 5.10 Å². The number of halogens is 1. The molecule has 1 fully saturated rings. The van der Waals surface area contributed by atoms with Crippen molar-refractivity contribution in [1.29, 1.82) is 0 Å². The average Bonchev–Trinajstić information content (AvgIpc) is 3.48. The monoisotopic (exact) mass is 470 g/mol. The Balaban J connectivity index is 1.30. The third-order valence-electron chi connectivity index (χ3n) is 6.43. The zero-order valence-electron chi connectivity index (χ0n) is 18.8. The summed E-state index contributed by atoms with van der Waals surface area (Å²) in [5.41, 5.74) is 2.74. The average molecular weight is 471 g/mol. The molecule has 3 N–H and O–H groups in total. The van der Waals surface area contributed by atoms with E-state index < -0.39 is 15.8 Å². The van der Waals surface area contributed by atoms with Gasteiger partial charge in [-0.25, -0.2) is 27.5 Å². The Hall–Kier alpha value is -2.85. The van der Waals surface area contributed by atoms with Crippen molar-refractivity contribution in [1.82, 2.24) is 24.9 Å². The molecule has 1 saturated carbocycles. The predicted octanol–water partition coefficient (Wildman–Crippen LogP) is 4.22. The topological polar surface area (TPSA) is 113 Å². The van der Waals surface area contributed by atoms with Crippen molar-refractivity contribution in [2.24, 2.45) is 0 Å². The van der Waals surface area contributed by atoms with E-state index in [0.29, 0.717) is 23.2 Å². The van der Waals surface area contributed by atoms with Gasteiger partial charge in [0.25, 0.3) is 0 Å². The highest BCUT2D eigenvalue weighted by atomic mass is 32.2. The molecule has 1 aliphatic heterocycles. The van der Waals surface area contributed by atoms with Gasteiger partial charge in [-0.15, -0.1) is 0 Å². The van der Waals surface area contributed by atoms with E-state index in [1.165, 1.54) is 6.07 Å². The lowest BCUT2D eigenvalue weighted by molar-refractivity contribution is 0.550. The number of hydrogen-bond donors (Lipinski definition) is 3. The van der Waals surface area contributed by atoms with Gasteiger partial charge in [0, 0.05) is 47.4 Å². The fraction of sp³-hybridized carbons (Fsp3) is 0.435. The predicted molar refractivity (Wildman–Crippen MR) is 122 cm³/mol. The molecular weight excluding hydrogens is 443 g/mol. The van der Waals surface area contributed by atoms with Gasteiger partial charge in [-0.1, -0.05) is 20.8 Å². The summed E-state index contributed by atoms with van der Waals surface area (Å²) in [5, 5.41) is 10.3. The minimum atomic E-state index is -3.61. The number of nitrogens with zero attached hydrogens (tertiary/aromatic N) is 3. The Morgan fingerprint density at radius 1 is 1.15 bits per heavy atom. The van der Waals surface area contributed by atoms with Crippen molar-refractivity contribution in [3.8, 4) is 0 Å². The van der Waals surface area contributed by atoms with E-state index in [1.54, 1.807) is 0 Å². The molecule has 2 aromatic heterocycles. The molecule has 3 heterocycles. The van der Waals surface area contributed by atoms with Crippen LogP contribution in [0, 0.1) is 5.82 Å². The molecule has 0 spiro atoms. The van der Waals surface area contributed by atoms with Crippen molar-refractivity contribution < 1.29 is 12.8 Å². The number of anilines is 2. The third kappa shape index (κ3) is 4.24. The van der Waals surface area contributed by atoms with Crippen LogP contribution in [-0.4, -0.2) is 28.6 Å². The minimum absolute atomic E-state index is 0.0111. The second-order valence-corrected chi connectivity index (χ2v) is 11.6. The number of fused-ring (bicyclic) bond motifs is 1. The fourth-order valence-electron chi connectivity index (χ4n) is 4.57. The maximum Gasteiger partial charge on any atom is 0.241 e. The molecule has 8 nitrogen and oxygen atoms in total. The number of H-pyrrole nitrogens is 1.